The van der Waals surface area contributed by atoms with Crippen molar-refractivity contribution < 1.29 is 8.42 Å². The van der Waals surface area contributed by atoms with Crippen LogP contribution in [0.1, 0.15) is 6.92 Å². The number of rotatable bonds is 1. The van der Waals surface area contributed by atoms with Gasteiger partial charge in [-0.05, 0) is 19.1 Å². The van der Waals surface area contributed by atoms with Crippen LogP contribution in [-0.2, 0) is 9.84 Å². The van der Waals surface area contributed by atoms with Gasteiger partial charge in [0.1, 0.15) is 10.1 Å². The summed E-state index contributed by atoms with van der Waals surface area (Å²) in [4.78, 5) is 6.20. The van der Waals surface area contributed by atoms with Crippen LogP contribution in [0.4, 0.5) is 5.82 Å². The first-order chi connectivity index (χ1) is 8.42. The highest BCUT2D eigenvalue weighted by Gasteiger charge is 2.57. The molecule has 0 aromatic carbocycles. The Balaban J connectivity index is 2.07. The SMILES string of the molecule is C[C@]12CS(=O)(=O)C[C@@H]1SC(=S)N2c1ccccn1. The first-order valence-electron chi connectivity index (χ1n) is 5.55. The summed E-state index contributed by atoms with van der Waals surface area (Å²) in [6, 6.07) is 5.59. The van der Waals surface area contributed by atoms with Crippen LogP contribution in [0.15, 0.2) is 24.4 Å². The number of sulfone groups is 1. The van der Waals surface area contributed by atoms with Gasteiger partial charge in [-0.1, -0.05) is 30.0 Å². The van der Waals surface area contributed by atoms with E-state index in [-0.39, 0.29) is 16.8 Å². The van der Waals surface area contributed by atoms with Crippen LogP contribution in [0, 0.1) is 0 Å². The fourth-order valence-corrected chi connectivity index (χ4v) is 7.50. The second-order valence-electron chi connectivity index (χ2n) is 4.81. The highest BCUT2D eigenvalue weighted by Crippen LogP contribution is 2.47. The molecule has 0 unspecified atom stereocenters. The lowest BCUT2D eigenvalue weighted by Gasteiger charge is -2.33. The Morgan fingerprint density at radius 2 is 2.33 bits per heavy atom. The molecule has 0 N–H and O–H groups in total. The summed E-state index contributed by atoms with van der Waals surface area (Å²) in [5.41, 5.74) is -0.463. The highest BCUT2D eigenvalue weighted by molar-refractivity contribution is 8.24. The lowest BCUT2D eigenvalue weighted by Crippen LogP contribution is -2.49. The summed E-state index contributed by atoms with van der Waals surface area (Å²) < 4.78 is 24.4. The molecule has 1 aromatic rings. The van der Waals surface area contributed by atoms with Gasteiger partial charge in [0.25, 0.3) is 0 Å². The molecule has 0 radical (unpaired) electrons. The molecule has 2 aliphatic rings. The zero-order valence-corrected chi connectivity index (χ0v) is 12.2. The van der Waals surface area contributed by atoms with Crippen molar-refractivity contribution in [3.05, 3.63) is 24.4 Å². The molecule has 2 aliphatic heterocycles. The minimum Gasteiger partial charge on any atom is -0.304 e. The summed E-state index contributed by atoms with van der Waals surface area (Å²) in [6.07, 6.45) is 1.70. The Labute approximate surface area is 116 Å². The highest BCUT2D eigenvalue weighted by atomic mass is 32.2. The molecular weight excluding hydrogens is 288 g/mol. The maximum absolute atomic E-state index is 11.8. The predicted octanol–water partition coefficient (Wildman–Crippen LogP) is 1.48. The third kappa shape index (κ3) is 1.76. The fourth-order valence-electron chi connectivity index (χ4n) is 2.60. The number of thioether (sulfide) groups is 1. The minimum atomic E-state index is -2.98. The van der Waals surface area contributed by atoms with Crippen LogP contribution in [0.5, 0.6) is 0 Å². The van der Waals surface area contributed by atoms with Crippen molar-refractivity contribution in [1.82, 2.24) is 4.98 Å². The molecule has 2 saturated heterocycles. The molecule has 96 valence electrons. The quantitative estimate of drug-likeness (QED) is 0.732. The van der Waals surface area contributed by atoms with Gasteiger partial charge in [-0.15, -0.1) is 0 Å². The van der Waals surface area contributed by atoms with E-state index in [2.05, 4.69) is 4.98 Å². The molecule has 0 aliphatic carbocycles. The van der Waals surface area contributed by atoms with Crippen LogP contribution < -0.4 is 4.90 Å². The van der Waals surface area contributed by atoms with Gasteiger partial charge in [-0.25, -0.2) is 13.4 Å². The van der Waals surface area contributed by atoms with Crippen molar-refractivity contribution in [1.29, 1.82) is 0 Å². The molecule has 0 saturated carbocycles. The average molecular weight is 300 g/mol. The number of thiocarbonyl (C=S) groups is 1. The lowest BCUT2D eigenvalue weighted by molar-refractivity contribution is 0.547. The van der Waals surface area contributed by atoms with Gasteiger partial charge in [0.2, 0.25) is 0 Å². The van der Waals surface area contributed by atoms with Crippen molar-refractivity contribution in [2.75, 3.05) is 16.4 Å². The maximum atomic E-state index is 11.8. The molecule has 4 nitrogen and oxygen atoms in total. The van der Waals surface area contributed by atoms with Crippen LogP contribution in [-0.4, -0.2) is 40.0 Å². The summed E-state index contributed by atoms with van der Waals surface area (Å²) in [5.74, 6) is 1.09. The number of hydrogen-bond acceptors (Lipinski definition) is 5. The van der Waals surface area contributed by atoms with E-state index in [1.165, 1.54) is 11.8 Å². The average Bonchev–Trinajstić information content (AvgIpc) is 2.62. The Bertz CT molecular complexity index is 602. The molecule has 2 fully saturated rings. The maximum Gasteiger partial charge on any atom is 0.153 e. The van der Waals surface area contributed by atoms with Crippen molar-refractivity contribution in [3.8, 4) is 0 Å². The van der Waals surface area contributed by atoms with E-state index in [1.807, 2.05) is 30.0 Å². The van der Waals surface area contributed by atoms with Crippen LogP contribution in [0.2, 0.25) is 0 Å². The smallest absolute Gasteiger partial charge is 0.153 e. The summed E-state index contributed by atoms with van der Waals surface area (Å²) in [6.45, 7) is 1.96. The minimum absolute atomic E-state index is 0.0111. The van der Waals surface area contributed by atoms with Gasteiger partial charge >= 0.3 is 0 Å². The molecule has 3 rings (SSSR count). The standard InChI is InChI=1S/C11H12N2O2S3/c1-11-7-18(14,15)6-8(11)17-10(16)13(11)9-4-2-3-5-12-9/h2-5,8H,6-7H2,1H3/t8-,11-/m0/s1. The Morgan fingerprint density at radius 3 is 3.00 bits per heavy atom. The number of fused-ring (bicyclic) bond motifs is 1. The first-order valence-corrected chi connectivity index (χ1v) is 8.66. The predicted molar refractivity (Wildman–Crippen MR) is 77.8 cm³/mol. The fraction of sp³-hybridized carbons (Fsp3) is 0.455. The van der Waals surface area contributed by atoms with E-state index < -0.39 is 15.4 Å². The third-order valence-electron chi connectivity index (χ3n) is 3.43. The Morgan fingerprint density at radius 1 is 1.56 bits per heavy atom. The second kappa shape index (κ2) is 3.91. The summed E-state index contributed by atoms with van der Waals surface area (Å²) in [5, 5.41) is 0.0111. The van der Waals surface area contributed by atoms with Gasteiger partial charge in [-0.2, -0.15) is 0 Å². The topological polar surface area (TPSA) is 50.3 Å². The molecule has 0 spiro atoms. The zero-order valence-electron chi connectivity index (χ0n) is 9.74. The normalized spacial score (nSPS) is 33.7. The van der Waals surface area contributed by atoms with E-state index in [1.54, 1.807) is 6.20 Å². The molecule has 3 heterocycles. The number of anilines is 1. The number of pyridine rings is 1. The molecule has 0 amide bonds. The van der Waals surface area contributed by atoms with Gasteiger partial charge in [-0.3, -0.25) is 0 Å². The van der Waals surface area contributed by atoms with E-state index >= 15 is 0 Å². The van der Waals surface area contributed by atoms with Crippen molar-refractivity contribution >= 4 is 44.0 Å². The van der Waals surface area contributed by atoms with E-state index in [9.17, 15) is 8.42 Å². The zero-order chi connectivity index (χ0) is 13.0. The van der Waals surface area contributed by atoms with Crippen LogP contribution in [0.25, 0.3) is 0 Å². The summed E-state index contributed by atoms with van der Waals surface area (Å²) in [7, 11) is -2.98. The Kier molecular flexibility index (Phi) is 2.69. The Hall–Kier alpha value is -0.660. The molecule has 2 atom stereocenters. The van der Waals surface area contributed by atoms with Crippen molar-refractivity contribution in [2.24, 2.45) is 0 Å². The van der Waals surface area contributed by atoms with Gasteiger partial charge in [0, 0.05) is 6.20 Å². The number of nitrogens with zero attached hydrogens (tertiary/aromatic N) is 2. The number of hydrogen-bond donors (Lipinski definition) is 0. The molecule has 7 heteroatoms. The molecular formula is C11H12N2O2S3. The largest absolute Gasteiger partial charge is 0.304 e. The van der Waals surface area contributed by atoms with Crippen LogP contribution >= 0.6 is 24.0 Å². The van der Waals surface area contributed by atoms with Gasteiger partial charge < -0.3 is 4.90 Å². The van der Waals surface area contributed by atoms with E-state index in [0.29, 0.717) is 0 Å². The second-order valence-corrected chi connectivity index (χ2v) is 8.75. The third-order valence-corrected chi connectivity index (χ3v) is 7.32. The van der Waals surface area contributed by atoms with Gasteiger partial charge in [0.15, 0.2) is 9.84 Å². The van der Waals surface area contributed by atoms with E-state index in [0.717, 1.165) is 10.1 Å². The lowest BCUT2D eigenvalue weighted by atomic mass is 9.99. The molecule has 18 heavy (non-hydrogen) atoms. The number of aromatic nitrogens is 1. The monoisotopic (exact) mass is 300 g/mol. The first kappa shape index (κ1) is 12.4. The molecule has 0 bridgehead atoms. The van der Waals surface area contributed by atoms with Gasteiger partial charge in [0.05, 0.1) is 22.3 Å². The van der Waals surface area contributed by atoms with E-state index in [4.69, 9.17) is 12.2 Å². The molecule has 1 aromatic heterocycles. The summed E-state index contributed by atoms with van der Waals surface area (Å²) >= 11 is 6.86. The van der Waals surface area contributed by atoms with Crippen LogP contribution in [0.3, 0.4) is 0 Å². The van der Waals surface area contributed by atoms with Crippen molar-refractivity contribution in [2.45, 2.75) is 17.7 Å². The van der Waals surface area contributed by atoms with Crippen molar-refractivity contribution in [3.63, 3.8) is 0 Å².